The van der Waals surface area contributed by atoms with Crippen LogP contribution >= 0.6 is 27.5 Å². The van der Waals surface area contributed by atoms with E-state index in [0.29, 0.717) is 15.9 Å². The maximum absolute atomic E-state index is 14.1. The lowest BCUT2D eigenvalue weighted by molar-refractivity contribution is 0.585. The number of sulfonamides is 1. The van der Waals surface area contributed by atoms with E-state index in [1.165, 1.54) is 16.8 Å². The summed E-state index contributed by atoms with van der Waals surface area (Å²) in [6, 6.07) is 13.7. The Morgan fingerprint density at radius 2 is 1.81 bits per heavy atom. The Labute approximate surface area is 198 Å². The van der Waals surface area contributed by atoms with E-state index < -0.39 is 15.8 Å². The summed E-state index contributed by atoms with van der Waals surface area (Å²) in [6.07, 6.45) is 1.55. The highest BCUT2D eigenvalue weighted by molar-refractivity contribution is 9.10. The van der Waals surface area contributed by atoms with E-state index in [0.717, 1.165) is 5.69 Å². The van der Waals surface area contributed by atoms with Crippen LogP contribution in [0.25, 0.3) is 5.69 Å². The third-order valence-electron chi connectivity index (χ3n) is 4.82. The molecule has 2 aromatic carbocycles. The van der Waals surface area contributed by atoms with Gasteiger partial charge in [-0.1, -0.05) is 35.9 Å². The standard InChI is InChI=1S/C21H18BrClFN5O2S/c1-13-20(14(2)29(25-13)15-7-4-3-5-8-15)32(30,31)27-21-17(22)12-28(26-21)11-16-18(23)9-6-10-19(16)24/h3-10,12H,11H2,1-2H3,(H,26,27). The van der Waals surface area contributed by atoms with Gasteiger partial charge in [-0.05, 0) is 54.0 Å². The van der Waals surface area contributed by atoms with E-state index in [-0.39, 0.29) is 27.8 Å². The maximum atomic E-state index is 14.1. The fraction of sp³-hybridized carbons (Fsp3) is 0.143. The smallest absolute Gasteiger partial charge is 0.265 e. The lowest BCUT2D eigenvalue weighted by atomic mass is 10.2. The molecule has 4 aromatic rings. The van der Waals surface area contributed by atoms with E-state index in [4.69, 9.17) is 11.6 Å². The number of benzene rings is 2. The van der Waals surface area contributed by atoms with E-state index in [2.05, 4.69) is 30.8 Å². The topological polar surface area (TPSA) is 81.8 Å². The number of rotatable bonds is 6. The third-order valence-corrected chi connectivity index (χ3v) is 7.35. The molecule has 0 saturated heterocycles. The highest BCUT2D eigenvalue weighted by atomic mass is 79.9. The molecule has 0 aliphatic heterocycles. The van der Waals surface area contributed by atoms with E-state index >= 15 is 0 Å². The molecular formula is C21H18BrClFN5O2S. The lowest BCUT2D eigenvalue weighted by Gasteiger charge is -2.08. The quantitative estimate of drug-likeness (QED) is 0.371. The van der Waals surface area contributed by atoms with Crippen molar-refractivity contribution in [2.75, 3.05) is 4.72 Å². The van der Waals surface area contributed by atoms with Gasteiger partial charge in [-0.25, -0.2) is 17.5 Å². The summed E-state index contributed by atoms with van der Waals surface area (Å²) in [5.41, 5.74) is 1.83. The number of aryl methyl sites for hydroxylation is 1. The van der Waals surface area contributed by atoms with Gasteiger partial charge in [0.1, 0.15) is 10.7 Å². The molecule has 32 heavy (non-hydrogen) atoms. The molecule has 0 amide bonds. The molecule has 0 aliphatic carbocycles. The van der Waals surface area contributed by atoms with Crippen LogP contribution in [0.15, 0.2) is 64.1 Å². The molecule has 0 bridgehead atoms. The zero-order valence-corrected chi connectivity index (χ0v) is 20.2. The predicted molar refractivity (Wildman–Crippen MR) is 124 cm³/mol. The van der Waals surface area contributed by atoms with Crippen LogP contribution in [0.5, 0.6) is 0 Å². The second-order valence-electron chi connectivity index (χ2n) is 7.08. The van der Waals surface area contributed by atoms with Crippen molar-refractivity contribution in [1.29, 1.82) is 0 Å². The Bertz CT molecular complexity index is 1380. The molecule has 0 saturated carbocycles. The summed E-state index contributed by atoms with van der Waals surface area (Å²) < 4.78 is 46.4. The molecule has 1 N–H and O–H groups in total. The van der Waals surface area contributed by atoms with Crippen LogP contribution in [0.4, 0.5) is 10.2 Å². The number of anilines is 1. The van der Waals surface area contributed by atoms with Crippen LogP contribution in [-0.4, -0.2) is 28.0 Å². The summed E-state index contributed by atoms with van der Waals surface area (Å²) >= 11 is 9.40. The Morgan fingerprint density at radius 3 is 2.50 bits per heavy atom. The monoisotopic (exact) mass is 537 g/mol. The molecule has 2 heterocycles. The van der Waals surface area contributed by atoms with E-state index in [9.17, 15) is 12.8 Å². The van der Waals surface area contributed by atoms with Crippen LogP contribution in [0.2, 0.25) is 5.02 Å². The van der Waals surface area contributed by atoms with Gasteiger partial charge < -0.3 is 0 Å². The highest BCUT2D eigenvalue weighted by Crippen LogP contribution is 2.28. The highest BCUT2D eigenvalue weighted by Gasteiger charge is 2.27. The molecule has 0 spiro atoms. The minimum absolute atomic E-state index is 0.0375. The van der Waals surface area contributed by atoms with Crippen molar-refractivity contribution in [3.05, 3.63) is 87.0 Å². The van der Waals surface area contributed by atoms with Gasteiger partial charge in [0.2, 0.25) is 0 Å². The van der Waals surface area contributed by atoms with Gasteiger partial charge in [0, 0.05) is 16.8 Å². The normalized spacial score (nSPS) is 11.7. The number of halogens is 3. The van der Waals surface area contributed by atoms with Gasteiger partial charge in [-0.15, -0.1) is 0 Å². The van der Waals surface area contributed by atoms with Gasteiger partial charge in [0.15, 0.2) is 5.82 Å². The minimum Gasteiger partial charge on any atom is -0.265 e. The number of para-hydroxylation sites is 1. The number of nitrogens with zero attached hydrogens (tertiary/aromatic N) is 4. The van der Waals surface area contributed by atoms with Crippen LogP contribution in [0, 0.1) is 19.7 Å². The van der Waals surface area contributed by atoms with Crippen LogP contribution in [0.3, 0.4) is 0 Å². The van der Waals surface area contributed by atoms with Crippen molar-refractivity contribution >= 4 is 43.4 Å². The molecule has 4 rings (SSSR count). The fourth-order valence-corrected chi connectivity index (χ4v) is 5.59. The number of hydrogen-bond acceptors (Lipinski definition) is 4. The molecular weight excluding hydrogens is 521 g/mol. The van der Waals surface area contributed by atoms with Crippen molar-refractivity contribution in [2.45, 2.75) is 25.3 Å². The molecule has 7 nitrogen and oxygen atoms in total. The second kappa shape index (κ2) is 8.68. The summed E-state index contributed by atoms with van der Waals surface area (Å²) in [6.45, 7) is 3.36. The molecule has 0 fully saturated rings. The van der Waals surface area contributed by atoms with Crippen molar-refractivity contribution in [1.82, 2.24) is 19.6 Å². The van der Waals surface area contributed by atoms with Crippen molar-refractivity contribution < 1.29 is 12.8 Å². The molecule has 0 aliphatic rings. The first-order chi connectivity index (χ1) is 15.2. The van der Waals surface area contributed by atoms with Gasteiger partial charge in [0.05, 0.1) is 28.1 Å². The summed E-state index contributed by atoms with van der Waals surface area (Å²) in [7, 11) is -4.00. The zero-order valence-electron chi connectivity index (χ0n) is 17.1. The summed E-state index contributed by atoms with van der Waals surface area (Å²) in [5.74, 6) is -0.394. The van der Waals surface area contributed by atoms with Gasteiger partial charge >= 0.3 is 0 Å². The van der Waals surface area contributed by atoms with Crippen molar-refractivity contribution in [3.8, 4) is 5.69 Å². The first-order valence-electron chi connectivity index (χ1n) is 9.47. The maximum Gasteiger partial charge on any atom is 0.266 e. The molecule has 0 unspecified atom stereocenters. The number of nitrogens with one attached hydrogen (secondary N) is 1. The van der Waals surface area contributed by atoms with Gasteiger partial charge in [-0.3, -0.25) is 9.40 Å². The SMILES string of the molecule is Cc1nn(-c2ccccc2)c(C)c1S(=O)(=O)Nc1nn(Cc2c(F)cccc2Cl)cc1Br. The Kier molecular flexibility index (Phi) is 6.11. The van der Waals surface area contributed by atoms with Gasteiger partial charge in [-0.2, -0.15) is 10.2 Å². The first kappa shape index (κ1) is 22.5. The third kappa shape index (κ3) is 4.30. The Morgan fingerprint density at radius 1 is 1.09 bits per heavy atom. The average molecular weight is 539 g/mol. The predicted octanol–water partition coefficient (Wildman–Crippen LogP) is 5.09. The summed E-state index contributed by atoms with van der Waals surface area (Å²) in [5, 5.41) is 8.91. The summed E-state index contributed by atoms with van der Waals surface area (Å²) in [4.78, 5) is 0.0694. The molecule has 166 valence electrons. The van der Waals surface area contributed by atoms with Crippen LogP contribution in [0.1, 0.15) is 17.0 Å². The zero-order chi connectivity index (χ0) is 23.0. The second-order valence-corrected chi connectivity index (χ2v) is 9.96. The number of hydrogen-bond donors (Lipinski definition) is 1. The molecule has 0 radical (unpaired) electrons. The van der Waals surface area contributed by atoms with Crippen LogP contribution < -0.4 is 4.72 Å². The van der Waals surface area contributed by atoms with Crippen molar-refractivity contribution in [2.24, 2.45) is 0 Å². The van der Waals surface area contributed by atoms with E-state index in [1.807, 2.05) is 30.3 Å². The Balaban J connectivity index is 1.65. The Hall–Kier alpha value is -2.69. The molecule has 11 heteroatoms. The van der Waals surface area contributed by atoms with Crippen molar-refractivity contribution in [3.63, 3.8) is 0 Å². The minimum atomic E-state index is -4.00. The fourth-order valence-electron chi connectivity index (χ4n) is 3.41. The average Bonchev–Trinajstić information content (AvgIpc) is 3.23. The first-order valence-corrected chi connectivity index (χ1v) is 12.1. The van der Waals surface area contributed by atoms with Gasteiger partial charge in [0.25, 0.3) is 10.0 Å². The van der Waals surface area contributed by atoms with Crippen LogP contribution in [-0.2, 0) is 16.6 Å². The van der Waals surface area contributed by atoms with E-state index in [1.54, 1.807) is 30.8 Å². The molecule has 2 aromatic heterocycles. The number of aromatic nitrogens is 4. The largest absolute Gasteiger partial charge is 0.266 e. The lowest BCUT2D eigenvalue weighted by Crippen LogP contribution is -2.16. The molecule has 0 atom stereocenters.